The Balaban J connectivity index is 2.65. The van der Waals surface area contributed by atoms with Crippen molar-refractivity contribution >= 4 is 29.0 Å². The van der Waals surface area contributed by atoms with Crippen molar-refractivity contribution in [2.75, 3.05) is 6.54 Å². The van der Waals surface area contributed by atoms with Crippen LogP contribution in [0.3, 0.4) is 0 Å². The third-order valence-corrected chi connectivity index (χ3v) is 4.12. The van der Waals surface area contributed by atoms with Crippen LogP contribution in [0.5, 0.6) is 0 Å². The third-order valence-electron chi connectivity index (χ3n) is 2.71. The zero-order valence-corrected chi connectivity index (χ0v) is 13.3. The number of rotatable bonds is 5. The van der Waals surface area contributed by atoms with Crippen LogP contribution >= 0.6 is 22.9 Å². The first-order chi connectivity index (χ1) is 8.81. The van der Waals surface area contributed by atoms with E-state index in [0.29, 0.717) is 10.9 Å². The molecular weight excluding hydrogens is 284 g/mol. The second-order valence-electron chi connectivity index (χ2n) is 4.91. The number of hydrogen-bond donors (Lipinski definition) is 2. The molecule has 0 aromatic carbocycles. The van der Waals surface area contributed by atoms with Crippen molar-refractivity contribution in [1.29, 1.82) is 0 Å². The smallest absolute Gasteiger partial charge is 0.318 e. The molecule has 0 saturated heterocycles. The van der Waals surface area contributed by atoms with Gasteiger partial charge in [-0.1, -0.05) is 11.6 Å². The summed E-state index contributed by atoms with van der Waals surface area (Å²) in [5, 5.41) is 12.4. The van der Waals surface area contributed by atoms with E-state index in [-0.39, 0.29) is 18.1 Å². The lowest BCUT2D eigenvalue weighted by Gasteiger charge is -2.29. The Kier molecular flexibility index (Phi) is 6.10. The standard InChI is InChI=1S/C13H21ClN2O2S/c1-8(2)16(7-9(3)17)13(18)15-10(4)11-5-6-12(14)19-11/h5-6,8-10,17H,7H2,1-4H3,(H,15,18). The van der Waals surface area contributed by atoms with Crippen molar-refractivity contribution in [3.05, 3.63) is 21.3 Å². The summed E-state index contributed by atoms with van der Waals surface area (Å²) in [6.45, 7) is 7.76. The van der Waals surface area contributed by atoms with E-state index in [0.717, 1.165) is 4.88 Å². The van der Waals surface area contributed by atoms with E-state index >= 15 is 0 Å². The molecule has 0 spiro atoms. The molecule has 2 atom stereocenters. The second-order valence-corrected chi connectivity index (χ2v) is 6.65. The lowest BCUT2D eigenvalue weighted by Crippen LogP contribution is -2.47. The van der Waals surface area contributed by atoms with Crippen LogP contribution in [-0.4, -0.2) is 34.7 Å². The van der Waals surface area contributed by atoms with Crippen molar-refractivity contribution in [1.82, 2.24) is 10.2 Å². The fraction of sp³-hybridized carbons (Fsp3) is 0.615. The largest absolute Gasteiger partial charge is 0.392 e. The third kappa shape index (κ3) is 5.01. The normalized spacial score (nSPS) is 14.3. The van der Waals surface area contributed by atoms with Crippen molar-refractivity contribution < 1.29 is 9.90 Å². The van der Waals surface area contributed by atoms with Crippen molar-refractivity contribution in [2.24, 2.45) is 0 Å². The summed E-state index contributed by atoms with van der Waals surface area (Å²) in [7, 11) is 0. The van der Waals surface area contributed by atoms with Gasteiger partial charge >= 0.3 is 6.03 Å². The minimum atomic E-state index is -0.542. The average Bonchev–Trinajstić information content (AvgIpc) is 2.72. The summed E-state index contributed by atoms with van der Waals surface area (Å²) in [5.74, 6) is 0. The average molecular weight is 305 g/mol. The number of aliphatic hydroxyl groups excluding tert-OH is 1. The number of aliphatic hydroxyl groups is 1. The molecule has 4 nitrogen and oxygen atoms in total. The second kappa shape index (κ2) is 7.12. The van der Waals surface area contributed by atoms with Gasteiger partial charge in [-0.05, 0) is 39.8 Å². The molecule has 1 heterocycles. The van der Waals surface area contributed by atoms with Gasteiger partial charge in [-0.3, -0.25) is 0 Å². The maximum absolute atomic E-state index is 12.2. The van der Waals surface area contributed by atoms with Gasteiger partial charge in [0.25, 0.3) is 0 Å². The van der Waals surface area contributed by atoms with Crippen LogP contribution in [0, 0.1) is 0 Å². The summed E-state index contributed by atoms with van der Waals surface area (Å²) in [6.07, 6.45) is -0.542. The maximum atomic E-state index is 12.2. The van der Waals surface area contributed by atoms with E-state index in [1.165, 1.54) is 11.3 Å². The number of amides is 2. The summed E-state index contributed by atoms with van der Waals surface area (Å²) in [5.41, 5.74) is 0. The molecule has 0 bridgehead atoms. The zero-order chi connectivity index (χ0) is 14.6. The molecular formula is C13H21ClN2O2S. The van der Waals surface area contributed by atoms with Gasteiger partial charge in [0.15, 0.2) is 0 Å². The molecule has 0 aliphatic heterocycles. The Morgan fingerprint density at radius 2 is 2.05 bits per heavy atom. The quantitative estimate of drug-likeness (QED) is 0.877. The molecule has 2 unspecified atom stereocenters. The minimum Gasteiger partial charge on any atom is -0.392 e. The number of halogens is 1. The molecule has 2 amide bonds. The molecule has 2 N–H and O–H groups in total. The number of urea groups is 1. The van der Waals surface area contributed by atoms with Crippen LogP contribution in [0.15, 0.2) is 12.1 Å². The van der Waals surface area contributed by atoms with E-state index in [1.807, 2.05) is 32.9 Å². The SMILES string of the molecule is CC(O)CN(C(=O)NC(C)c1ccc(Cl)s1)C(C)C. The lowest BCUT2D eigenvalue weighted by molar-refractivity contribution is 0.117. The highest BCUT2D eigenvalue weighted by atomic mass is 35.5. The Labute approximate surface area is 123 Å². The highest BCUT2D eigenvalue weighted by molar-refractivity contribution is 7.16. The lowest BCUT2D eigenvalue weighted by atomic mass is 10.2. The number of thiophene rings is 1. The Morgan fingerprint density at radius 1 is 1.42 bits per heavy atom. The first-order valence-corrected chi connectivity index (χ1v) is 7.51. The van der Waals surface area contributed by atoms with Crippen LogP contribution in [0.25, 0.3) is 0 Å². The first kappa shape index (κ1) is 16.3. The molecule has 0 saturated carbocycles. The first-order valence-electron chi connectivity index (χ1n) is 6.31. The molecule has 1 aromatic rings. The van der Waals surface area contributed by atoms with Gasteiger partial charge in [0.2, 0.25) is 0 Å². The van der Waals surface area contributed by atoms with Crippen LogP contribution < -0.4 is 5.32 Å². The Bertz CT molecular complexity index is 421. The van der Waals surface area contributed by atoms with Gasteiger partial charge in [-0.15, -0.1) is 11.3 Å². The van der Waals surface area contributed by atoms with Crippen LogP contribution in [-0.2, 0) is 0 Å². The molecule has 1 aromatic heterocycles. The van der Waals surface area contributed by atoms with Gasteiger partial charge in [0.1, 0.15) is 0 Å². The zero-order valence-electron chi connectivity index (χ0n) is 11.7. The van der Waals surface area contributed by atoms with Crippen molar-refractivity contribution in [2.45, 2.75) is 45.9 Å². The molecule has 6 heteroatoms. The van der Waals surface area contributed by atoms with Gasteiger partial charge in [-0.25, -0.2) is 4.79 Å². The van der Waals surface area contributed by atoms with Gasteiger partial charge in [0, 0.05) is 17.5 Å². The van der Waals surface area contributed by atoms with E-state index < -0.39 is 6.10 Å². The fourth-order valence-electron chi connectivity index (χ4n) is 1.71. The highest BCUT2D eigenvalue weighted by Gasteiger charge is 2.21. The van der Waals surface area contributed by atoms with Crippen LogP contribution in [0.1, 0.15) is 38.6 Å². The molecule has 0 aliphatic rings. The van der Waals surface area contributed by atoms with Gasteiger partial charge in [0.05, 0.1) is 16.5 Å². The molecule has 0 radical (unpaired) electrons. The highest BCUT2D eigenvalue weighted by Crippen LogP contribution is 2.26. The summed E-state index contributed by atoms with van der Waals surface area (Å²) in [4.78, 5) is 14.8. The Hall–Kier alpha value is -0.780. The fourth-order valence-corrected chi connectivity index (χ4v) is 2.78. The Morgan fingerprint density at radius 3 is 2.47 bits per heavy atom. The van der Waals surface area contributed by atoms with Crippen LogP contribution in [0.4, 0.5) is 4.79 Å². The van der Waals surface area contributed by atoms with E-state index in [4.69, 9.17) is 11.6 Å². The summed E-state index contributed by atoms with van der Waals surface area (Å²) >= 11 is 7.34. The van der Waals surface area contributed by atoms with Gasteiger partial charge < -0.3 is 15.3 Å². The number of carbonyl (C=O) groups excluding carboxylic acids is 1. The summed E-state index contributed by atoms with van der Waals surface area (Å²) < 4.78 is 0.709. The molecule has 0 aliphatic carbocycles. The molecule has 108 valence electrons. The minimum absolute atomic E-state index is 0.0359. The van der Waals surface area contributed by atoms with Crippen molar-refractivity contribution in [3.63, 3.8) is 0 Å². The van der Waals surface area contributed by atoms with Gasteiger partial charge in [-0.2, -0.15) is 0 Å². The van der Waals surface area contributed by atoms with Crippen LogP contribution in [0.2, 0.25) is 4.34 Å². The number of carbonyl (C=O) groups is 1. The maximum Gasteiger partial charge on any atom is 0.318 e. The predicted octanol–water partition coefficient (Wildman–Crippen LogP) is 3.26. The van der Waals surface area contributed by atoms with E-state index in [2.05, 4.69) is 5.32 Å². The monoisotopic (exact) mass is 304 g/mol. The molecule has 1 rings (SSSR count). The van der Waals surface area contributed by atoms with Crippen molar-refractivity contribution in [3.8, 4) is 0 Å². The predicted molar refractivity (Wildman–Crippen MR) is 79.8 cm³/mol. The molecule has 19 heavy (non-hydrogen) atoms. The number of nitrogens with zero attached hydrogens (tertiary/aromatic N) is 1. The van der Waals surface area contributed by atoms with E-state index in [9.17, 15) is 9.90 Å². The number of hydrogen-bond acceptors (Lipinski definition) is 3. The number of nitrogens with one attached hydrogen (secondary N) is 1. The topological polar surface area (TPSA) is 52.6 Å². The summed E-state index contributed by atoms with van der Waals surface area (Å²) in [6, 6.07) is 3.49. The molecule has 0 fully saturated rings. The van der Waals surface area contributed by atoms with E-state index in [1.54, 1.807) is 11.8 Å².